The third kappa shape index (κ3) is 1.86. The molecule has 70 valence electrons. The number of nitrogens with zero attached hydrogens (tertiary/aromatic N) is 1. The first-order valence-corrected chi connectivity index (χ1v) is 4.22. The van der Waals surface area contributed by atoms with E-state index in [4.69, 9.17) is 0 Å². The maximum absolute atomic E-state index is 11.2. The lowest BCUT2D eigenvalue weighted by molar-refractivity contribution is 0.0599. The van der Waals surface area contributed by atoms with E-state index in [1.165, 1.54) is 7.11 Å². The van der Waals surface area contributed by atoms with Gasteiger partial charge in [0.2, 0.25) is 0 Å². The number of esters is 1. The van der Waals surface area contributed by atoms with Crippen molar-refractivity contribution in [3.05, 3.63) is 29.1 Å². The smallest absolute Gasteiger partial charge is 0.339 e. The zero-order chi connectivity index (χ0) is 9.84. The molecular weight excluding hydrogens is 166 g/mol. The molecule has 0 amide bonds. The normalized spacial score (nSPS) is 9.77. The Morgan fingerprint density at radius 2 is 2.23 bits per heavy atom. The first-order chi connectivity index (χ1) is 6.20. The zero-order valence-corrected chi connectivity index (χ0v) is 8.13. The van der Waals surface area contributed by atoms with E-state index in [1.807, 2.05) is 13.8 Å². The Labute approximate surface area is 77.8 Å². The molecule has 1 aromatic rings. The van der Waals surface area contributed by atoms with Crippen molar-refractivity contribution in [1.82, 2.24) is 4.98 Å². The van der Waals surface area contributed by atoms with E-state index in [-0.39, 0.29) is 5.97 Å². The molecule has 0 saturated carbocycles. The second kappa shape index (κ2) is 4.03. The standard InChI is InChI=1S/C10H13NO2/c1-4-8-5-11-6-9(7(8)2)10(12)13-3/h5-6H,4H2,1-3H3. The fourth-order valence-electron chi connectivity index (χ4n) is 1.24. The van der Waals surface area contributed by atoms with E-state index >= 15 is 0 Å². The highest BCUT2D eigenvalue weighted by molar-refractivity contribution is 5.90. The maximum atomic E-state index is 11.2. The molecule has 0 radical (unpaired) electrons. The summed E-state index contributed by atoms with van der Waals surface area (Å²) in [5, 5.41) is 0. The molecule has 0 N–H and O–H groups in total. The maximum Gasteiger partial charge on any atom is 0.339 e. The number of aryl methyl sites for hydroxylation is 1. The van der Waals surface area contributed by atoms with Crippen molar-refractivity contribution in [3.63, 3.8) is 0 Å². The number of carbonyl (C=O) groups is 1. The predicted molar refractivity (Wildman–Crippen MR) is 49.7 cm³/mol. The highest BCUT2D eigenvalue weighted by atomic mass is 16.5. The second-order valence-corrected chi connectivity index (χ2v) is 2.82. The number of pyridine rings is 1. The van der Waals surface area contributed by atoms with Crippen LogP contribution in [0.15, 0.2) is 12.4 Å². The SMILES string of the molecule is CCc1cncc(C(=O)OC)c1C. The summed E-state index contributed by atoms with van der Waals surface area (Å²) in [5.41, 5.74) is 2.61. The monoisotopic (exact) mass is 179 g/mol. The van der Waals surface area contributed by atoms with Gasteiger partial charge in [-0.25, -0.2) is 4.79 Å². The fourth-order valence-corrected chi connectivity index (χ4v) is 1.24. The van der Waals surface area contributed by atoms with Crippen molar-refractivity contribution in [2.45, 2.75) is 20.3 Å². The molecule has 0 spiro atoms. The van der Waals surface area contributed by atoms with Crippen molar-refractivity contribution in [2.24, 2.45) is 0 Å². The van der Waals surface area contributed by atoms with Crippen molar-refractivity contribution >= 4 is 5.97 Å². The van der Waals surface area contributed by atoms with Gasteiger partial charge in [-0.3, -0.25) is 4.98 Å². The van der Waals surface area contributed by atoms with Crippen LogP contribution in [0.25, 0.3) is 0 Å². The van der Waals surface area contributed by atoms with E-state index in [1.54, 1.807) is 12.4 Å². The molecule has 0 aliphatic carbocycles. The lowest BCUT2D eigenvalue weighted by atomic mass is 10.0. The summed E-state index contributed by atoms with van der Waals surface area (Å²) in [6.07, 6.45) is 4.20. The molecule has 1 aromatic heterocycles. The third-order valence-corrected chi connectivity index (χ3v) is 2.11. The van der Waals surface area contributed by atoms with Crippen LogP contribution in [-0.2, 0) is 11.2 Å². The number of ether oxygens (including phenoxy) is 1. The molecule has 0 fully saturated rings. The van der Waals surface area contributed by atoms with E-state index < -0.39 is 0 Å². The fraction of sp³-hybridized carbons (Fsp3) is 0.400. The first-order valence-electron chi connectivity index (χ1n) is 4.22. The molecule has 1 rings (SSSR count). The molecule has 0 aromatic carbocycles. The van der Waals surface area contributed by atoms with E-state index in [9.17, 15) is 4.79 Å². The second-order valence-electron chi connectivity index (χ2n) is 2.82. The summed E-state index contributed by atoms with van der Waals surface area (Å²) in [7, 11) is 1.38. The summed E-state index contributed by atoms with van der Waals surface area (Å²) in [6, 6.07) is 0. The molecule has 0 aliphatic heterocycles. The highest BCUT2D eigenvalue weighted by Crippen LogP contribution is 2.13. The Hall–Kier alpha value is -1.38. The van der Waals surface area contributed by atoms with Gasteiger partial charge < -0.3 is 4.74 Å². The van der Waals surface area contributed by atoms with Crippen molar-refractivity contribution in [3.8, 4) is 0 Å². The Kier molecular flexibility index (Phi) is 3.01. The van der Waals surface area contributed by atoms with Crippen LogP contribution in [0.2, 0.25) is 0 Å². The van der Waals surface area contributed by atoms with Crippen LogP contribution in [0.3, 0.4) is 0 Å². The summed E-state index contributed by atoms with van der Waals surface area (Å²) >= 11 is 0. The number of carbonyl (C=O) groups excluding carboxylic acids is 1. The Balaban J connectivity index is 3.15. The predicted octanol–water partition coefficient (Wildman–Crippen LogP) is 1.74. The van der Waals surface area contributed by atoms with Crippen LogP contribution in [0.4, 0.5) is 0 Å². The average Bonchev–Trinajstić information content (AvgIpc) is 2.17. The quantitative estimate of drug-likeness (QED) is 0.649. The molecule has 3 heteroatoms. The molecule has 0 atom stereocenters. The van der Waals surface area contributed by atoms with Crippen molar-refractivity contribution in [1.29, 1.82) is 0 Å². The molecule has 3 nitrogen and oxygen atoms in total. The molecule has 0 aliphatic rings. The largest absolute Gasteiger partial charge is 0.465 e. The molecular formula is C10H13NO2. The number of aromatic nitrogens is 1. The van der Waals surface area contributed by atoms with Crippen LogP contribution < -0.4 is 0 Å². The Morgan fingerprint density at radius 3 is 2.77 bits per heavy atom. The summed E-state index contributed by atoms with van der Waals surface area (Å²) in [5.74, 6) is -0.319. The number of methoxy groups -OCH3 is 1. The van der Waals surface area contributed by atoms with E-state index in [0.717, 1.165) is 17.5 Å². The minimum atomic E-state index is -0.319. The molecule has 13 heavy (non-hydrogen) atoms. The van der Waals surface area contributed by atoms with Gasteiger partial charge in [0.25, 0.3) is 0 Å². The average molecular weight is 179 g/mol. The molecule has 1 heterocycles. The minimum absolute atomic E-state index is 0.319. The van der Waals surface area contributed by atoms with E-state index in [2.05, 4.69) is 9.72 Å². The Bertz CT molecular complexity index is 321. The van der Waals surface area contributed by atoms with Gasteiger partial charge in [0.1, 0.15) is 0 Å². The van der Waals surface area contributed by atoms with Crippen molar-refractivity contribution < 1.29 is 9.53 Å². The minimum Gasteiger partial charge on any atom is -0.465 e. The zero-order valence-electron chi connectivity index (χ0n) is 8.13. The van der Waals surface area contributed by atoms with Crippen LogP contribution in [0.5, 0.6) is 0 Å². The molecule has 0 bridgehead atoms. The summed E-state index contributed by atoms with van der Waals surface area (Å²) in [6.45, 7) is 3.94. The van der Waals surface area contributed by atoms with Gasteiger partial charge in [-0.1, -0.05) is 6.92 Å². The van der Waals surface area contributed by atoms with Crippen LogP contribution >= 0.6 is 0 Å². The Morgan fingerprint density at radius 1 is 1.54 bits per heavy atom. The topological polar surface area (TPSA) is 39.2 Å². The number of rotatable bonds is 2. The summed E-state index contributed by atoms with van der Waals surface area (Å²) in [4.78, 5) is 15.2. The highest BCUT2D eigenvalue weighted by Gasteiger charge is 2.11. The van der Waals surface area contributed by atoms with Gasteiger partial charge in [0.05, 0.1) is 12.7 Å². The lowest BCUT2D eigenvalue weighted by Gasteiger charge is -2.06. The lowest BCUT2D eigenvalue weighted by Crippen LogP contribution is -2.06. The van der Waals surface area contributed by atoms with Gasteiger partial charge in [-0.05, 0) is 24.5 Å². The van der Waals surface area contributed by atoms with Crippen LogP contribution in [-0.4, -0.2) is 18.1 Å². The van der Waals surface area contributed by atoms with Gasteiger partial charge >= 0.3 is 5.97 Å². The molecule has 0 saturated heterocycles. The van der Waals surface area contributed by atoms with Gasteiger partial charge in [-0.15, -0.1) is 0 Å². The first kappa shape index (κ1) is 9.71. The summed E-state index contributed by atoms with van der Waals surface area (Å²) < 4.78 is 4.64. The van der Waals surface area contributed by atoms with Crippen molar-refractivity contribution in [2.75, 3.05) is 7.11 Å². The van der Waals surface area contributed by atoms with Crippen LogP contribution in [0.1, 0.15) is 28.4 Å². The number of hydrogen-bond acceptors (Lipinski definition) is 3. The third-order valence-electron chi connectivity index (χ3n) is 2.11. The number of hydrogen-bond donors (Lipinski definition) is 0. The molecule has 0 unspecified atom stereocenters. The van der Waals surface area contributed by atoms with Crippen LogP contribution in [0, 0.1) is 6.92 Å². The van der Waals surface area contributed by atoms with Gasteiger partial charge in [0, 0.05) is 12.4 Å². The van der Waals surface area contributed by atoms with E-state index in [0.29, 0.717) is 5.56 Å². The van der Waals surface area contributed by atoms with Gasteiger partial charge in [-0.2, -0.15) is 0 Å². The van der Waals surface area contributed by atoms with Gasteiger partial charge in [0.15, 0.2) is 0 Å².